The number of nitrogens with two attached hydrogens (primary N) is 2. The summed E-state index contributed by atoms with van der Waals surface area (Å²) in [4.78, 5) is 26.7. The molecule has 4 heterocycles. The molecule has 1 saturated heterocycles. The molecule has 8 nitrogen and oxygen atoms in total. The first-order chi connectivity index (χ1) is 13.0. The summed E-state index contributed by atoms with van der Waals surface area (Å²) >= 11 is 1.21. The van der Waals surface area contributed by atoms with Crippen LogP contribution in [0.1, 0.15) is 22.5 Å². The van der Waals surface area contributed by atoms with E-state index in [-0.39, 0.29) is 0 Å². The number of fused-ring (bicyclic) bond motifs is 1. The highest BCUT2D eigenvalue weighted by Crippen LogP contribution is 2.39. The van der Waals surface area contributed by atoms with Gasteiger partial charge in [0.2, 0.25) is 5.95 Å². The van der Waals surface area contributed by atoms with Crippen LogP contribution in [-0.2, 0) is 0 Å². The summed E-state index contributed by atoms with van der Waals surface area (Å²) < 4.78 is 5.23. The average Bonchev–Trinajstić information content (AvgIpc) is 3.29. The lowest BCUT2D eigenvalue weighted by Crippen LogP contribution is -2.42. The number of aromatic nitrogens is 2. The fourth-order valence-electron chi connectivity index (χ4n) is 3.53. The van der Waals surface area contributed by atoms with Crippen LogP contribution in [0.3, 0.4) is 0 Å². The van der Waals surface area contributed by atoms with Crippen LogP contribution >= 0.6 is 11.3 Å². The molecule has 0 aromatic carbocycles. The Hall–Kier alpha value is -2.65. The third-order valence-electron chi connectivity index (χ3n) is 5.07. The Labute approximate surface area is 160 Å². The van der Waals surface area contributed by atoms with Gasteiger partial charge in [-0.05, 0) is 33.0 Å². The quantitative estimate of drug-likeness (QED) is 0.706. The maximum Gasteiger partial charge on any atom is 0.260 e. The van der Waals surface area contributed by atoms with Gasteiger partial charge in [0.25, 0.3) is 5.91 Å². The molecule has 9 heteroatoms. The highest BCUT2D eigenvalue weighted by atomic mass is 32.1. The van der Waals surface area contributed by atoms with E-state index >= 15 is 0 Å². The van der Waals surface area contributed by atoms with Crippen molar-refractivity contribution in [2.24, 2.45) is 5.73 Å². The van der Waals surface area contributed by atoms with E-state index in [0.717, 1.165) is 31.5 Å². The van der Waals surface area contributed by atoms with Gasteiger partial charge >= 0.3 is 0 Å². The number of furan rings is 1. The van der Waals surface area contributed by atoms with Gasteiger partial charge in [-0.3, -0.25) is 4.79 Å². The van der Waals surface area contributed by atoms with Crippen LogP contribution in [0.25, 0.3) is 21.5 Å². The highest BCUT2D eigenvalue weighted by Gasteiger charge is 2.26. The molecule has 0 aliphatic carbocycles. The number of piperidine rings is 1. The summed E-state index contributed by atoms with van der Waals surface area (Å²) in [6.07, 6.45) is 5.30. The van der Waals surface area contributed by atoms with Crippen molar-refractivity contribution in [3.8, 4) is 11.3 Å². The van der Waals surface area contributed by atoms with E-state index in [1.165, 1.54) is 11.3 Å². The monoisotopic (exact) mass is 386 g/mol. The number of nitrogen functional groups attached to an aromatic ring is 1. The zero-order valence-corrected chi connectivity index (χ0v) is 16.1. The van der Waals surface area contributed by atoms with Crippen molar-refractivity contribution in [3.05, 3.63) is 23.5 Å². The molecule has 4 N–H and O–H groups in total. The first-order valence-corrected chi connectivity index (χ1v) is 9.61. The number of anilines is 2. The lowest BCUT2D eigenvalue weighted by molar-refractivity contribution is 0.100. The number of nitrogens with zero attached hydrogens (tertiary/aromatic N) is 4. The first-order valence-electron chi connectivity index (χ1n) is 8.79. The minimum Gasteiger partial charge on any atom is -0.472 e. The van der Waals surface area contributed by atoms with Crippen LogP contribution in [0.15, 0.2) is 23.0 Å². The summed E-state index contributed by atoms with van der Waals surface area (Å²) in [7, 11) is 4.22. The fraction of sp³-hybridized carbons (Fsp3) is 0.389. The Bertz CT molecular complexity index is 974. The van der Waals surface area contributed by atoms with Gasteiger partial charge in [-0.2, -0.15) is 0 Å². The Morgan fingerprint density at radius 2 is 2.07 bits per heavy atom. The van der Waals surface area contributed by atoms with E-state index in [2.05, 4.69) is 23.9 Å². The number of primary amides is 1. The summed E-state index contributed by atoms with van der Waals surface area (Å²) in [6, 6.07) is 2.39. The number of amides is 1. The van der Waals surface area contributed by atoms with Crippen molar-refractivity contribution >= 4 is 39.1 Å². The molecule has 0 unspecified atom stereocenters. The van der Waals surface area contributed by atoms with Crippen molar-refractivity contribution in [1.29, 1.82) is 0 Å². The average molecular weight is 386 g/mol. The van der Waals surface area contributed by atoms with Crippen molar-refractivity contribution < 1.29 is 9.21 Å². The fourth-order valence-corrected chi connectivity index (χ4v) is 4.47. The Balaban J connectivity index is 1.80. The van der Waals surface area contributed by atoms with Crippen LogP contribution in [0.2, 0.25) is 0 Å². The first kappa shape index (κ1) is 17.7. The molecule has 142 valence electrons. The van der Waals surface area contributed by atoms with Gasteiger partial charge in [-0.15, -0.1) is 11.3 Å². The SMILES string of the molecule is CN(C)C1CCN(c2nc(-c3ccoc3)c3c(N)c(C(N)=O)sc3n2)CC1. The Morgan fingerprint density at radius 3 is 2.67 bits per heavy atom. The van der Waals surface area contributed by atoms with Gasteiger partial charge in [0.1, 0.15) is 9.71 Å². The zero-order valence-electron chi connectivity index (χ0n) is 15.3. The molecule has 4 rings (SSSR count). The van der Waals surface area contributed by atoms with Gasteiger partial charge in [-0.1, -0.05) is 0 Å². The predicted molar refractivity (Wildman–Crippen MR) is 107 cm³/mol. The maximum absolute atomic E-state index is 11.7. The zero-order chi connectivity index (χ0) is 19.1. The normalized spacial score (nSPS) is 15.7. The second-order valence-corrected chi connectivity index (χ2v) is 7.95. The van der Waals surface area contributed by atoms with Gasteiger partial charge in [-0.25, -0.2) is 9.97 Å². The molecule has 1 aliphatic rings. The Kier molecular flexibility index (Phi) is 4.48. The van der Waals surface area contributed by atoms with Crippen molar-refractivity contribution in [2.45, 2.75) is 18.9 Å². The molecular weight excluding hydrogens is 364 g/mol. The van der Waals surface area contributed by atoms with Crippen LogP contribution in [-0.4, -0.2) is 54.0 Å². The molecule has 1 fully saturated rings. The summed E-state index contributed by atoms with van der Waals surface area (Å²) in [5.74, 6) is 0.0927. The summed E-state index contributed by atoms with van der Waals surface area (Å²) in [5, 5.41) is 0.655. The second-order valence-electron chi connectivity index (χ2n) is 6.96. The molecule has 0 spiro atoms. The molecule has 0 atom stereocenters. The molecular formula is C18H22N6O2S. The van der Waals surface area contributed by atoms with Gasteiger partial charge < -0.3 is 25.7 Å². The molecule has 0 saturated carbocycles. The molecule has 3 aromatic rings. The minimum absolute atomic E-state index is 0.313. The molecule has 0 bridgehead atoms. The van der Waals surface area contributed by atoms with Gasteiger partial charge in [0.15, 0.2) is 0 Å². The number of thiophene rings is 1. The smallest absolute Gasteiger partial charge is 0.260 e. The van der Waals surface area contributed by atoms with E-state index in [1.807, 2.05) is 6.07 Å². The van der Waals surface area contributed by atoms with Crippen LogP contribution in [0, 0.1) is 0 Å². The standard InChI is InChI=1S/C18H22N6O2S/c1-23(2)11-3-6-24(7-4-11)18-21-14(10-5-8-26-9-10)12-13(19)15(16(20)25)27-17(12)22-18/h5,8-9,11H,3-4,6-7,19H2,1-2H3,(H2,20,25). The van der Waals surface area contributed by atoms with E-state index in [4.69, 9.17) is 25.9 Å². The van der Waals surface area contributed by atoms with Crippen LogP contribution in [0.5, 0.6) is 0 Å². The topological polar surface area (TPSA) is 115 Å². The van der Waals surface area contributed by atoms with Crippen molar-refractivity contribution in [1.82, 2.24) is 14.9 Å². The van der Waals surface area contributed by atoms with Crippen molar-refractivity contribution in [3.63, 3.8) is 0 Å². The number of hydrogen-bond acceptors (Lipinski definition) is 8. The highest BCUT2D eigenvalue weighted by molar-refractivity contribution is 7.21. The van der Waals surface area contributed by atoms with Crippen molar-refractivity contribution in [2.75, 3.05) is 37.8 Å². The second kappa shape index (κ2) is 6.82. The minimum atomic E-state index is -0.554. The van der Waals surface area contributed by atoms with Crippen LogP contribution in [0.4, 0.5) is 11.6 Å². The van der Waals surface area contributed by atoms with E-state index in [9.17, 15) is 4.79 Å². The lowest BCUT2D eigenvalue weighted by Gasteiger charge is -2.35. The molecule has 27 heavy (non-hydrogen) atoms. The predicted octanol–water partition coefficient (Wildman–Crippen LogP) is 2.16. The molecule has 1 aliphatic heterocycles. The third-order valence-corrected chi connectivity index (χ3v) is 6.19. The number of hydrogen-bond donors (Lipinski definition) is 2. The number of carbonyl (C=O) groups is 1. The number of rotatable bonds is 4. The molecule has 3 aromatic heterocycles. The summed E-state index contributed by atoms with van der Waals surface area (Å²) in [6.45, 7) is 1.76. The summed E-state index contributed by atoms with van der Waals surface area (Å²) in [5.41, 5.74) is 13.5. The van der Waals surface area contributed by atoms with E-state index in [0.29, 0.717) is 38.5 Å². The largest absolute Gasteiger partial charge is 0.472 e. The molecule has 1 amide bonds. The van der Waals surface area contributed by atoms with E-state index in [1.54, 1.807) is 12.5 Å². The number of carbonyl (C=O) groups excluding carboxylic acids is 1. The van der Waals surface area contributed by atoms with E-state index < -0.39 is 5.91 Å². The maximum atomic E-state index is 11.7. The van der Waals surface area contributed by atoms with Gasteiger partial charge in [0, 0.05) is 24.7 Å². The molecule has 0 radical (unpaired) electrons. The van der Waals surface area contributed by atoms with Crippen LogP contribution < -0.4 is 16.4 Å². The lowest BCUT2D eigenvalue weighted by atomic mass is 10.0. The Morgan fingerprint density at radius 1 is 1.33 bits per heavy atom. The van der Waals surface area contributed by atoms with Gasteiger partial charge in [0.05, 0.1) is 29.3 Å². The third kappa shape index (κ3) is 3.13.